The topological polar surface area (TPSA) is 42.0 Å². The van der Waals surface area contributed by atoms with Gasteiger partial charge in [0.25, 0.3) is 0 Å². The Bertz CT molecular complexity index is 449. The van der Waals surface area contributed by atoms with Crippen molar-refractivity contribution in [2.24, 2.45) is 0 Å². The summed E-state index contributed by atoms with van der Waals surface area (Å²) in [6.07, 6.45) is 0. The normalized spacial score (nSPS) is 12.0. The minimum absolute atomic E-state index is 0.570. The lowest BCUT2D eigenvalue weighted by Crippen LogP contribution is -2.24. The van der Waals surface area contributed by atoms with Gasteiger partial charge in [0.15, 0.2) is 0 Å². The second kappa shape index (κ2) is 5.74. The van der Waals surface area contributed by atoms with Gasteiger partial charge in [0.05, 0.1) is 7.11 Å². The van der Waals surface area contributed by atoms with E-state index in [-0.39, 0.29) is 0 Å². The first-order chi connectivity index (χ1) is 8.32. The van der Waals surface area contributed by atoms with E-state index in [0.29, 0.717) is 5.75 Å². The summed E-state index contributed by atoms with van der Waals surface area (Å²) in [5.74, 6) is 1.29. The summed E-state index contributed by atoms with van der Waals surface area (Å²) in [5.41, 5.74) is 0.837. The number of ether oxygens (including phenoxy) is 1. The molecule has 0 atom stereocenters. The van der Waals surface area contributed by atoms with Crippen LogP contribution < -0.4 is 9.26 Å². The molecule has 0 aliphatic heterocycles. The van der Waals surface area contributed by atoms with E-state index in [4.69, 9.17) is 9.26 Å². The molecule has 0 fully saturated rings. The summed E-state index contributed by atoms with van der Waals surface area (Å²) >= 11 is 0. The van der Waals surface area contributed by atoms with Crippen molar-refractivity contribution in [3.8, 4) is 11.5 Å². The minimum Gasteiger partial charge on any atom is -0.496 e. The average molecular weight is 272 g/mol. The highest BCUT2D eigenvalue weighted by Crippen LogP contribution is 2.51. The van der Waals surface area contributed by atoms with Crippen molar-refractivity contribution in [2.75, 3.05) is 35.3 Å². The van der Waals surface area contributed by atoms with Crippen LogP contribution in [0.2, 0.25) is 0 Å². The highest BCUT2D eigenvalue weighted by atomic mass is 31.2. The van der Waals surface area contributed by atoms with E-state index < -0.39 is 7.67 Å². The molecule has 0 radical (unpaired) electrons. The van der Waals surface area contributed by atoms with Gasteiger partial charge in [0.2, 0.25) is 0 Å². The molecule has 0 saturated heterocycles. The van der Waals surface area contributed by atoms with Gasteiger partial charge in [0.1, 0.15) is 11.5 Å². The summed E-state index contributed by atoms with van der Waals surface area (Å²) in [7, 11) is 5.50. The lowest BCUT2D eigenvalue weighted by molar-refractivity contribution is 0.350. The van der Waals surface area contributed by atoms with Crippen LogP contribution in [0.15, 0.2) is 18.2 Å². The maximum absolute atomic E-state index is 12.7. The van der Waals surface area contributed by atoms with Crippen molar-refractivity contribution in [3.63, 3.8) is 0 Å². The SMILES string of the molecule is COc1cccc(OP(=O)(N(C)C)N(C)C)c1C. The Hall–Kier alpha value is -1.03. The lowest BCUT2D eigenvalue weighted by Gasteiger charge is -2.30. The predicted molar refractivity (Wildman–Crippen MR) is 73.3 cm³/mol. The molecule has 0 N–H and O–H groups in total. The molecule has 0 aliphatic rings. The predicted octanol–water partition coefficient (Wildman–Crippen LogP) is 2.61. The van der Waals surface area contributed by atoms with Crippen molar-refractivity contribution >= 4 is 7.67 Å². The van der Waals surface area contributed by atoms with Crippen molar-refractivity contribution < 1.29 is 13.8 Å². The molecule has 1 aromatic carbocycles. The fourth-order valence-corrected chi connectivity index (χ4v) is 3.06. The van der Waals surface area contributed by atoms with Crippen LogP contribution in [-0.4, -0.2) is 44.6 Å². The van der Waals surface area contributed by atoms with Crippen LogP contribution in [0.1, 0.15) is 5.56 Å². The number of nitrogens with zero attached hydrogens (tertiary/aromatic N) is 2. The Morgan fingerprint density at radius 1 is 1.06 bits per heavy atom. The summed E-state index contributed by atoms with van der Waals surface area (Å²) in [5, 5.41) is 0. The molecule has 1 aromatic rings. The van der Waals surface area contributed by atoms with Crippen LogP contribution in [-0.2, 0) is 4.57 Å². The molecule has 0 amide bonds. The molecule has 102 valence electrons. The van der Waals surface area contributed by atoms with Gasteiger partial charge in [-0.25, -0.2) is 13.9 Å². The van der Waals surface area contributed by atoms with E-state index in [2.05, 4.69) is 0 Å². The number of methoxy groups -OCH3 is 1. The average Bonchev–Trinajstić information content (AvgIpc) is 2.31. The van der Waals surface area contributed by atoms with Gasteiger partial charge in [-0.1, -0.05) is 6.07 Å². The smallest absolute Gasteiger partial charge is 0.394 e. The Balaban J connectivity index is 3.14. The number of hydrogen-bond acceptors (Lipinski definition) is 3. The molecular weight excluding hydrogens is 251 g/mol. The summed E-state index contributed by atoms with van der Waals surface area (Å²) < 4.78 is 26.9. The van der Waals surface area contributed by atoms with E-state index in [0.717, 1.165) is 11.3 Å². The molecule has 0 unspecified atom stereocenters. The van der Waals surface area contributed by atoms with Crippen LogP contribution in [0.5, 0.6) is 11.5 Å². The van der Waals surface area contributed by atoms with Crippen molar-refractivity contribution in [1.82, 2.24) is 9.34 Å². The maximum Gasteiger partial charge on any atom is 0.394 e. The first-order valence-corrected chi connectivity index (χ1v) is 7.14. The van der Waals surface area contributed by atoms with E-state index in [1.165, 1.54) is 0 Å². The van der Waals surface area contributed by atoms with E-state index in [9.17, 15) is 4.57 Å². The van der Waals surface area contributed by atoms with Gasteiger partial charge in [0, 0.05) is 5.56 Å². The highest BCUT2D eigenvalue weighted by molar-refractivity contribution is 7.54. The largest absolute Gasteiger partial charge is 0.496 e. The number of hydrogen-bond donors (Lipinski definition) is 0. The molecule has 6 heteroatoms. The van der Waals surface area contributed by atoms with Crippen LogP contribution >= 0.6 is 7.67 Å². The van der Waals surface area contributed by atoms with Crippen LogP contribution in [0.3, 0.4) is 0 Å². The minimum atomic E-state index is -3.03. The number of benzene rings is 1. The quantitative estimate of drug-likeness (QED) is 0.771. The molecule has 18 heavy (non-hydrogen) atoms. The number of rotatable bonds is 5. The molecule has 0 aliphatic carbocycles. The molecule has 0 aromatic heterocycles. The Morgan fingerprint density at radius 2 is 1.56 bits per heavy atom. The Labute approximate surface area is 109 Å². The zero-order valence-electron chi connectivity index (χ0n) is 11.8. The third kappa shape index (κ3) is 2.86. The Morgan fingerprint density at radius 3 is 2.00 bits per heavy atom. The molecule has 5 nitrogen and oxygen atoms in total. The maximum atomic E-state index is 12.7. The molecule has 1 rings (SSSR count). The van der Waals surface area contributed by atoms with Crippen LogP contribution in [0.25, 0.3) is 0 Å². The zero-order chi connectivity index (χ0) is 13.9. The fourth-order valence-electron chi connectivity index (χ4n) is 1.56. The fraction of sp³-hybridized carbons (Fsp3) is 0.500. The third-order valence-corrected chi connectivity index (χ3v) is 5.14. The van der Waals surface area contributed by atoms with E-state index >= 15 is 0 Å². The van der Waals surface area contributed by atoms with Crippen molar-refractivity contribution in [2.45, 2.75) is 6.92 Å². The van der Waals surface area contributed by atoms with Crippen LogP contribution in [0, 0.1) is 6.92 Å². The van der Waals surface area contributed by atoms with E-state index in [1.54, 1.807) is 50.7 Å². The Kier molecular flexibility index (Phi) is 4.79. The molecule has 0 spiro atoms. The van der Waals surface area contributed by atoms with E-state index in [1.807, 2.05) is 19.1 Å². The second-order valence-electron chi connectivity index (χ2n) is 4.36. The van der Waals surface area contributed by atoms with Gasteiger partial charge < -0.3 is 9.26 Å². The summed E-state index contributed by atoms with van der Waals surface area (Å²) in [6.45, 7) is 1.88. The third-order valence-electron chi connectivity index (χ3n) is 2.68. The van der Waals surface area contributed by atoms with Gasteiger partial charge in [-0.15, -0.1) is 0 Å². The first kappa shape index (κ1) is 15.0. The molecular formula is C12H21N2O3P. The zero-order valence-corrected chi connectivity index (χ0v) is 12.7. The summed E-state index contributed by atoms with van der Waals surface area (Å²) in [6, 6.07) is 5.45. The molecule has 0 bridgehead atoms. The standard InChI is InChI=1S/C12H21N2O3P/c1-10-11(16-6)8-7-9-12(10)17-18(15,13(2)3)14(4)5/h7-9H,1-6H3. The highest BCUT2D eigenvalue weighted by Gasteiger charge is 2.31. The summed E-state index contributed by atoms with van der Waals surface area (Å²) in [4.78, 5) is 0. The van der Waals surface area contributed by atoms with Crippen molar-refractivity contribution in [1.29, 1.82) is 0 Å². The monoisotopic (exact) mass is 272 g/mol. The second-order valence-corrected chi connectivity index (χ2v) is 7.12. The van der Waals surface area contributed by atoms with Gasteiger partial charge in [-0.2, -0.15) is 0 Å². The molecule has 0 heterocycles. The molecule has 0 saturated carbocycles. The first-order valence-electron chi connectivity index (χ1n) is 5.61. The lowest BCUT2D eigenvalue weighted by atomic mass is 10.2. The van der Waals surface area contributed by atoms with Crippen molar-refractivity contribution in [3.05, 3.63) is 23.8 Å². The van der Waals surface area contributed by atoms with Gasteiger partial charge in [-0.3, -0.25) is 0 Å². The van der Waals surface area contributed by atoms with Gasteiger partial charge in [-0.05, 0) is 47.2 Å². The van der Waals surface area contributed by atoms with Crippen LogP contribution in [0.4, 0.5) is 0 Å². The van der Waals surface area contributed by atoms with Gasteiger partial charge >= 0.3 is 7.67 Å².